The maximum atomic E-state index is 13.1. The molecule has 0 unspecified atom stereocenters. The van der Waals surface area contributed by atoms with Crippen molar-refractivity contribution in [2.45, 2.75) is 51.2 Å². The zero-order valence-electron chi connectivity index (χ0n) is 20.5. The number of benzene rings is 2. The zero-order valence-corrected chi connectivity index (χ0v) is 22.1. The summed E-state index contributed by atoms with van der Waals surface area (Å²) in [5.41, 5.74) is 2.34. The Hall–Kier alpha value is -3.73. The van der Waals surface area contributed by atoms with Gasteiger partial charge in [0, 0.05) is 29.6 Å². The van der Waals surface area contributed by atoms with E-state index in [4.69, 9.17) is 9.15 Å². The van der Waals surface area contributed by atoms with E-state index < -0.39 is 17.5 Å². The topological polar surface area (TPSA) is 134 Å². The molecule has 1 amide bonds. The highest BCUT2D eigenvalue weighted by Crippen LogP contribution is 2.41. The van der Waals surface area contributed by atoms with Crippen LogP contribution in [0.2, 0.25) is 0 Å². The van der Waals surface area contributed by atoms with Crippen LogP contribution < -0.4 is 0 Å². The number of carboxylic acid groups (broad SMARTS) is 1. The van der Waals surface area contributed by atoms with Gasteiger partial charge in [0.25, 0.3) is 0 Å². The minimum Gasteiger partial charge on any atom is -0.481 e. The Morgan fingerprint density at radius 1 is 1.13 bits per heavy atom. The Morgan fingerprint density at radius 2 is 1.87 bits per heavy atom. The van der Waals surface area contributed by atoms with Crippen LogP contribution in [0.4, 0.5) is 4.79 Å². The van der Waals surface area contributed by atoms with Gasteiger partial charge in [-0.2, -0.15) is 5.21 Å². The number of carbonyl (C=O) groups excluding carboxylic acids is 1. The molecule has 2 fully saturated rings. The molecule has 4 aromatic rings. The summed E-state index contributed by atoms with van der Waals surface area (Å²) < 4.78 is 12.5. The highest BCUT2D eigenvalue weighted by Gasteiger charge is 2.44. The number of carboxylic acids is 1. The molecular formula is C27H26BrN5O5. The second-order valence-corrected chi connectivity index (χ2v) is 10.9. The molecule has 2 aromatic heterocycles. The predicted octanol–water partition coefficient (Wildman–Crippen LogP) is 5.79. The Labute approximate surface area is 226 Å². The smallest absolute Gasteiger partial charge is 0.410 e. The van der Waals surface area contributed by atoms with E-state index in [1.165, 1.54) is 0 Å². The number of H-pyrrole nitrogens is 1. The molecule has 2 heterocycles. The van der Waals surface area contributed by atoms with Gasteiger partial charge in [-0.1, -0.05) is 43.2 Å². The van der Waals surface area contributed by atoms with E-state index >= 15 is 0 Å². The molecule has 2 N–H and O–H groups in total. The van der Waals surface area contributed by atoms with Crippen molar-refractivity contribution >= 4 is 39.0 Å². The summed E-state index contributed by atoms with van der Waals surface area (Å²) in [6.07, 6.45) is 4.04. The third-order valence-corrected chi connectivity index (χ3v) is 8.16. The van der Waals surface area contributed by atoms with Crippen LogP contribution in [0.15, 0.2) is 51.4 Å². The van der Waals surface area contributed by atoms with E-state index in [0.717, 1.165) is 52.2 Å². The summed E-state index contributed by atoms with van der Waals surface area (Å²) in [6.45, 7) is 0.388. The van der Waals surface area contributed by atoms with Crippen molar-refractivity contribution in [2.75, 3.05) is 6.54 Å². The summed E-state index contributed by atoms with van der Waals surface area (Å²) in [5, 5.41) is 24.9. The van der Waals surface area contributed by atoms with Crippen LogP contribution in [-0.4, -0.2) is 55.3 Å². The van der Waals surface area contributed by atoms with Gasteiger partial charge in [0.2, 0.25) is 5.82 Å². The molecule has 10 nitrogen and oxygen atoms in total. The van der Waals surface area contributed by atoms with Crippen molar-refractivity contribution in [3.63, 3.8) is 0 Å². The highest BCUT2D eigenvalue weighted by molar-refractivity contribution is 9.10. The largest absolute Gasteiger partial charge is 0.481 e. The van der Waals surface area contributed by atoms with Gasteiger partial charge in [-0.3, -0.25) is 4.79 Å². The van der Waals surface area contributed by atoms with Gasteiger partial charge < -0.3 is 19.2 Å². The van der Waals surface area contributed by atoms with E-state index in [9.17, 15) is 14.7 Å². The fourth-order valence-corrected chi connectivity index (χ4v) is 5.74. The normalized spacial score (nSPS) is 16.6. The number of furan rings is 1. The van der Waals surface area contributed by atoms with Crippen LogP contribution in [-0.2, 0) is 16.1 Å². The van der Waals surface area contributed by atoms with Gasteiger partial charge in [0.1, 0.15) is 17.4 Å². The number of aliphatic carboxylic acids is 1. The molecule has 0 radical (unpaired) electrons. The molecule has 0 atom stereocenters. The number of nitrogens with zero attached hydrogens (tertiary/aromatic N) is 4. The van der Waals surface area contributed by atoms with Gasteiger partial charge in [-0.15, -0.1) is 10.2 Å². The molecule has 6 rings (SSSR count). The second-order valence-electron chi connectivity index (χ2n) is 10.1. The highest BCUT2D eigenvalue weighted by atomic mass is 79.9. The summed E-state index contributed by atoms with van der Waals surface area (Å²) in [6, 6.07) is 13.4. The predicted molar refractivity (Wildman–Crippen MR) is 141 cm³/mol. The number of amides is 1. The van der Waals surface area contributed by atoms with Crippen LogP contribution in [0.5, 0.6) is 0 Å². The van der Waals surface area contributed by atoms with Crippen LogP contribution in [0.3, 0.4) is 0 Å². The standard InChI is InChI=1S/C27H26BrN5O5/c28-22-20-13-16(14-33(26(36)37-19-8-9-19)15-27(25(34)35)11-1-2-12-27)3-10-21(20)38-23(22)17-4-6-18(7-5-17)24-29-31-32-30-24/h3-7,10,13,19H,1-2,8-9,11-12,14-15H2,(H,34,35)(H,29,30,31,32). The Morgan fingerprint density at radius 3 is 2.53 bits per heavy atom. The quantitative estimate of drug-likeness (QED) is 0.268. The van der Waals surface area contributed by atoms with E-state index in [1.54, 1.807) is 4.90 Å². The molecule has 0 aliphatic heterocycles. The summed E-state index contributed by atoms with van der Waals surface area (Å²) in [7, 11) is 0. The van der Waals surface area contributed by atoms with Gasteiger partial charge in [0.15, 0.2) is 0 Å². The molecule has 2 aliphatic carbocycles. The molecule has 2 aliphatic rings. The van der Waals surface area contributed by atoms with Crippen molar-refractivity contribution in [1.29, 1.82) is 0 Å². The Bertz CT molecular complexity index is 1470. The van der Waals surface area contributed by atoms with Gasteiger partial charge in [-0.25, -0.2) is 4.79 Å². The molecule has 2 saturated carbocycles. The fourth-order valence-electron chi connectivity index (χ4n) is 5.12. The molecule has 0 spiro atoms. The third-order valence-electron chi connectivity index (χ3n) is 7.37. The average Bonchev–Trinajstić information content (AvgIpc) is 3.28. The summed E-state index contributed by atoms with van der Waals surface area (Å²) in [5.74, 6) is 0.344. The summed E-state index contributed by atoms with van der Waals surface area (Å²) in [4.78, 5) is 26.8. The first-order valence-electron chi connectivity index (χ1n) is 12.7. The van der Waals surface area contributed by atoms with E-state index in [0.29, 0.717) is 30.0 Å². The molecule has 0 bridgehead atoms. The molecule has 196 valence electrons. The maximum absolute atomic E-state index is 13.1. The van der Waals surface area contributed by atoms with Gasteiger partial charge >= 0.3 is 12.1 Å². The van der Waals surface area contributed by atoms with E-state index in [2.05, 4.69) is 36.6 Å². The number of fused-ring (bicyclic) bond motifs is 1. The lowest BCUT2D eigenvalue weighted by Crippen LogP contribution is -2.44. The van der Waals surface area contributed by atoms with Crippen LogP contribution in [0, 0.1) is 5.41 Å². The van der Waals surface area contributed by atoms with E-state index in [-0.39, 0.29) is 19.2 Å². The van der Waals surface area contributed by atoms with Crippen molar-refractivity contribution in [3.05, 3.63) is 52.5 Å². The third kappa shape index (κ3) is 4.78. The fraction of sp³-hybridized carbons (Fsp3) is 0.370. The number of tetrazole rings is 1. The molecule has 11 heteroatoms. The zero-order chi connectivity index (χ0) is 26.3. The number of carbonyl (C=O) groups is 2. The maximum Gasteiger partial charge on any atom is 0.410 e. The monoisotopic (exact) mass is 579 g/mol. The number of rotatable bonds is 8. The van der Waals surface area contributed by atoms with Crippen molar-refractivity contribution in [2.24, 2.45) is 5.41 Å². The Balaban J connectivity index is 1.27. The lowest BCUT2D eigenvalue weighted by molar-refractivity contribution is -0.149. The number of hydrogen-bond donors (Lipinski definition) is 2. The summed E-state index contributed by atoms with van der Waals surface area (Å²) >= 11 is 3.70. The number of aromatic nitrogens is 4. The van der Waals surface area contributed by atoms with Crippen molar-refractivity contribution < 1.29 is 23.8 Å². The molecule has 38 heavy (non-hydrogen) atoms. The molecule has 0 saturated heterocycles. The van der Waals surface area contributed by atoms with Crippen molar-refractivity contribution in [3.8, 4) is 22.7 Å². The molecular weight excluding hydrogens is 554 g/mol. The lowest BCUT2D eigenvalue weighted by Gasteiger charge is -2.31. The number of halogens is 1. The first kappa shape index (κ1) is 24.6. The number of nitrogens with one attached hydrogen (secondary N) is 1. The number of hydrogen-bond acceptors (Lipinski definition) is 7. The van der Waals surface area contributed by atoms with Gasteiger partial charge in [0.05, 0.1) is 9.89 Å². The van der Waals surface area contributed by atoms with Gasteiger partial charge in [-0.05, 0) is 64.5 Å². The number of aromatic amines is 1. The van der Waals surface area contributed by atoms with Crippen LogP contribution in [0.1, 0.15) is 44.1 Å². The second kappa shape index (κ2) is 9.86. The Kier molecular flexibility index (Phi) is 6.38. The van der Waals surface area contributed by atoms with Crippen LogP contribution in [0.25, 0.3) is 33.7 Å². The average molecular weight is 580 g/mol. The first-order valence-corrected chi connectivity index (χ1v) is 13.5. The molecule has 2 aromatic carbocycles. The number of ether oxygens (including phenoxy) is 1. The SMILES string of the molecule is O=C(OC1CC1)N(Cc1ccc2oc(-c3ccc(-c4nn[nH]n4)cc3)c(Br)c2c1)CC1(C(=O)O)CCCC1. The minimum absolute atomic E-state index is 0.0612. The van der Waals surface area contributed by atoms with Crippen molar-refractivity contribution in [1.82, 2.24) is 25.5 Å². The first-order chi connectivity index (χ1) is 18.4. The van der Waals surface area contributed by atoms with Crippen LogP contribution >= 0.6 is 15.9 Å². The van der Waals surface area contributed by atoms with E-state index in [1.807, 2.05) is 42.5 Å². The minimum atomic E-state index is -0.927. The lowest BCUT2D eigenvalue weighted by atomic mass is 9.85.